The van der Waals surface area contributed by atoms with Gasteiger partial charge in [0.2, 0.25) is 5.78 Å². The van der Waals surface area contributed by atoms with Gasteiger partial charge in [-0.05, 0) is 69.3 Å². The molecule has 2 aromatic rings. The number of nitrogens with one attached hydrogen (secondary N) is 1. The number of rotatable bonds is 7. The molecule has 0 spiro atoms. The number of amides is 2. The standard InChI is InChI=1S/C31H33N3O5S/c1-33-13-11-19(12-14-33)18-5-7-21(8-6-18)28(36)30(38)32-15-26-22-16-34(31(39)23(22)17-40-26)24-9-10-25(35)27(29(24)37)20-3-2-4-20/h3,5-8,17,19,24,27H,2,4,9-16H2,1H3,(H,32,38). The van der Waals surface area contributed by atoms with E-state index in [1.807, 2.05) is 18.2 Å². The molecule has 1 aromatic carbocycles. The van der Waals surface area contributed by atoms with Gasteiger partial charge in [0.1, 0.15) is 5.78 Å². The number of piperidine rings is 1. The van der Waals surface area contributed by atoms with Crippen LogP contribution in [0.25, 0.3) is 0 Å². The minimum Gasteiger partial charge on any atom is -0.344 e. The average molecular weight is 560 g/mol. The van der Waals surface area contributed by atoms with Crippen molar-refractivity contribution < 1.29 is 24.0 Å². The highest BCUT2D eigenvalue weighted by atomic mass is 32.1. The van der Waals surface area contributed by atoms with Crippen molar-refractivity contribution in [1.29, 1.82) is 0 Å². The topological polar surface area (TPSA) is 104 Å². The van der Waals surface area contributed by atoms with Crippen LogP contribution in [-0.4, -0.2) is 65.1 Å². The largest absolute Gasteiger partial charge is 0.344 e. The molecule has 2 aliphatic heterocycles. The first-order valence-electron chi connectivity index (χ1n) is 14.1. The summed E-state index contributed by atoms with van der Waals surface area (Å²) in [6.07, 6.45) is 6.41. The Balaban J connectivity index is 1.07. The van der Waals surface area contributed by atoms with Gasteiger partial charge in [-0.15, -0.1) is 11.3 Å². The minimum atomic E-state index is -0.707. The lowest BCUT2D eigenvalue weighted by molar-refractivity contribution is -0.138. The minimum absolute atomic E-state index is 0.0439. The third-order valence-corrected chi connectivity index (χ3v) is 9.99. The van der Waals surface area contributed by atoms with E-state index in [1.54, 1.807) is 22.4 Å². The van der Waals surface area contributed by atoms with Crippen LogP contribution in [0.3, 0.4) is 0 Å². The molecule has 2 atom stereocenters. The van der Waals surface area contributed by atoms with Crippen molar-refractivity contribution in [3.05, 3.63) is 68.4 Å². The molecular weight excluding hydrogens is 526 g/mol. The molecule has 6 rings (SSSR count). The Bertz CT molecular complexity index is 1420. The number of allylic oxidation sites excluding steroid dienone is 2. The maximum absolute atomic E-state index is 13.3. The number of benzene rings is 1. The van der Waals surface area contributed by atoms with Crippen molar-refractivity contribution in [3.8, 4) is 0 Å². The molecule has 0 bridgehead atoms. The number of fused-ring (bicyclic) bond motifs is 1. The van der Waals surface area contributed by atoms with Gasteiger partial charge in [-0.25, -0.2) is 0 Å². The average Bonchev–Trinajstić information content (AvgIpc) is 3.48. The summed E-state index contributed by atoms with van der Waals surface area (Å²) in [5, 5.41) is 4.48. The van der Waals surface area contributed by atoms with Gasteiger partial charge in [-0.2, -0.15) is 0 Å². The number of hydrogen-bond donors (Lipinski definition) is 1. The molecule has 9 heteroatoms. The van der Waals surface area contributed by atoms with E-state index in [4.69, 9.17) is 0 Å². The molecule has 1 aromatic heterocycles. The van der Waals surface area contributed by atoms with E-state index in [0.29, 0.717) is 29.9 Å². The number of Topliss-reactive ketones (excluding diaryl/α,β-unsaturated/α-hetero) is 3. The summed E-state index contributed by atoms with van der Waals surface area (Å²) in [6, 6.07) is 6.75. The predicted octanol–water partition coefficient (Wildman–Crippen LogP) is 3.65. The quantitative estimate of drug-likeness (QED) is 0.240. The third-order valence-electron chi connectivity index (χ3n) is 8.96. The van der Waals surface area contributed by atoms with Crippen LogP contribution in [0.1, 0.15) is 81.2 Å². The van der Waals surface area contributed by atoms with E-state index >= 15 is 0 Å². The number of ketones is 3. The van der Waals surface area contributed by atoms with Gasteiger partial charge in [-0.1, -0.05) is 35.9 Å². The molecule has 2 aliphatic carbocycles. The lowest BCUT2D eigenvalue weighted by Crippen LogP contribution is -2.50. The molecule has 2 amide bonds. The third kappa shape index (κ3) is 4.86. The molecule has 208 valence electrons. The smallest absolute Gasteiger partial charge is 0.292 e. The number of carbonyl (C=O) groups excluding carboxylic acids is 5. The van der Waals surface area contributed by atoms with Crippen LogP contribution in [0.15, 0.2) is 41.3 Å². The maximum atomic E-state index is 13.3. The zero-order valence-electron chi connectivity index (χ0n) is 22.6. The Labute approximate surface area is 237 Å². The zero-order chi connectivity index (χ0) is 28.0. The summed E-state index contributed by atoms with van der Waals surface area (Å²) >= 11 is 1.37. The van der Waals surface area contributed by atoms with Gasteiger partial charge < -0.3 is 15.1 Å². The van der Waals surface area contributed by atoms with Crippen LogP contribution in [-0.2, 0) is 27.5 Å². The first-order valence-corrected chi connectivity index (χ1v) is 15.0. The lowest BCUT2D eigenvalue weighted by Gasteiger charge is -2.35. The first-order chi connectivity index (χ1) is 19.3. The number of likely N-dealkylation sites (tertiary alicyclic amines) is 1. The van der Waals surface area contributed by atoms with E-state index in [9.17, 15) is 24.0 Å². The Kier molecular flexibility index (Phi) is 7.27. The Morgan fingerprint density at radius 1 is 1.02 bits per heavy atom. The van der Waals surface area contributed by atoms with Gasteiger partial charge in [0, 0.05) is 28.8 Å². The van der Waals surface area contributed by atoms with E-state index < -0.39 is 23.7 Å². The summed E-state index contributed by atoms with van der Waals surface area (Å²) in [5.41, 5.74) is 3.77. The van der Waals surface area contributed by atoms with Crippen LogP contribution in [0.2, 0.25) is 0 Å². The Morgan fingerprint density at radius 2 is 1.75 bits per heavy atom. The van der Waals surface area contributed by atoms with Gasteiger partial charge >= 0.3 is 0 Å². The monoisotopic (exact) mass is 559 g/mol. The lowest BCUT2D eigenvalue weighted by atomic mass is 9.74. The molecule has 1 N–H and O–H groups in total. The van der Waals surface area contributed by atoms with Crippen molar-refractivity contribution in [2.45, 2.75) is 63.6 Å². The van der Waals surface area contributed by atoms with E-state index in [2.05, 4.69) is 17.3 Å². The summed E-state index contributed by atoms with van der Waals surface area (Å²) in [7, 11) is 2.12. The fourth-order valence-corrected chi connectivity index (χ4v) is 7.36. The highest BCUT2D eigenvalue weighted by Gasteiger charge is 2.46. The van der Waals surface area contributed by atoms with Crippen LogP contribution >= 0.6 is 11.3 Å². The molecule has 40 heavy (non-hydrogen) atoms. The summed E-state index contributed by atoms with van der Waals surface area (Å²) < 4.78 is 0. The molecule has 8 nitrogen and oxygen atoms in total. The fourth-order valence-electron chi connectivity index (χ4n) is 6.38. The second kappa shape index (κ2) is 10.9. The molecule has 1 saturated heterocycles. The zero-order valence-corrected chi connectivity index (χ0v) is 23.4. The van der Waals surface area contributed by atoms with E-state index in [1.165, 1.54) is 16.9 Å². The van der Waals surface area contributed by atoms with Gasteiger partial charge in [-0.3, -0.25) is 24.0 Å². The molecule has 2 unspecified atom stereocenters. The van der Waals surface area contributed by atoms with Crippen LogP contribution in [0.4, 0.5) is 0 Å². The van der Waals surface area contributed by atoms with Crippen molar-refractivity contribution in [2.75, 3.05) is 20.1 Å². The molecule has 1 saturated carbocycles. The Morgan fingerprint density at radius 3 is 2.42 bits per heavy atom. The molecule has 3 heterocycles. The number of thiophene rings is 1. The van der Waals surface area contributed by atoms with Gasteiger partial charge in [0.15, 0.2) is 5.78 Å². The number of hydrogen-bond acceptors (Lipinski definition) is 7. The van der Waals surface area contributed by atoms with Gasteiger partial charge in [0.25, 0.3) is 11.8 Å². The summed E-state index contributed by atoms with van der Waals surface area (Å²) in [4.78, 5) is 69.2. The normalized spacial score (nSPS) is 23.6. The molecular formula is C31H33N3O5S. The highest BCUT2D eigenvalue weighted by Crippen LogP contribution is 2.38. The number of carbonyl (C=O) groups is 5. The van der Waals surface area contributed by atoms with Crippen molar-refractivity contribution in [2.24, 2.45) is 5.92 Å². The SMILES string of the molecule is CN1CCC(c2ccc(C(=O)C(=O)NCc3scc4c3CN(C3CCC(=O)C(C5=CCC5)C3=O)C4=O)cc2)CC1. The summed E-state index contributed by atoms with van der Waals surface area (Å²) in [5.74, 6) is -1.94. The first kappa shape index (κ1) is 26.8. The second-order valence-corrected chi connectivity index (χ2v) is 12.3. The van der Waals surface area contributed by atoms with Crippen molar-refractivity contribution in [1.82, 2.24) is 15.1 Å². The fraction of sp³-hybridized carbons (Fsp3) is 0.452. The van der Waals surface area contributed by atoms with Crippen LogP contribution < -0.4 is 5.32 Å². The maximum Gasteiger partial charge on any atom is 0.292 e. The predicted molar refractivity (Wildman–Crippen MR) is 150 cm³/mol. The number of nitrogens with zero attached hydrogens (tertiary/aromatic N) is 2. The molecule has 2 fully saturated rings. The highest BCUT2D eigenvalue weighted by molar-refractivity contribution is 7.10. The van der Waals surface area contributed by atoms with E-state index in [0.717, 1.165) is 54.8 Å². The van der Waals surface area contributed by atoms with E-state index in [-0.39, 0.29) is 30.6 Å². The molecule has 4 aliphatic rings. The van der Waals surface area contributed by atoms with Crippen molar-refractivity contribution in [3.63, 3.8) is 0 Å². The van der Waals surface area contributed by atoms with Crippen molar-refractivity contribution >= 4 is 40.5 Å². The van der Waals surface area contributed by atoms with Crippen LogP contribution in [0, 0.1) is 5.92 Å². The van der Waals surface area contributed by atoms with Gasteiger partial charge in [0.05, 0.1) is 24.1 Å². The molecule has 0 radical (unpaired) electrons. The van der Waals surface area contributed by atoms with Crippen LogP contribution in [0.5, 0.6) is 0 Å². The summed E-state index contributed by atoms with van der Waals surface area (Å²) in [6.45, 7) is 2.51. The second-order valence-electron chi connectivity index (χ2n) is 11.4. The Hall–Kier alpha value is -3.43.